The van der Waals surface area contributed by atoms with Crippen molar-refractivity contribution in [2.24, 2.45) is 15.9 Å². The Morgan fingerprint density at radius 1 is 1.33 bits per heavy atom. The van der Waals surface area contributed by atoms with E-state index in [1.54, 1.807) is 20.3 Å². The molecule has 5 heteroatoms. The third-order valence-corrected chi connectivity index (χ3v) is 3.67. The van der Waals surface area contributed by atoms with Gasteiger partial charge in [0.1, 0.15) is 12.1 Å². The Hall–Kier alpha value is -1.62. The number of nitrogens with zero attached hydrogens (tertiary/aromatic N) is 2. The smallest absolute Gasteiger partial charge is 0.215 e. The monoisotopic (exact) mass is 294 g/mol. The second-order valence-electron chi connectivity index (χ2n) is 5.41. The van der Waals surface area contributed by atoms with E-state index in [2.05, 4.69) is 23.1 Å². The molecule has 0 fully saturated rings. The SMILES string of the molecule is C=CCC[C@@]1([C@H](O)C=C)N=C(OC)[C@@H](C(C)C)N=C1OC. The Balaban J connectivity index is 3.37. The van der Waals surface area contributed by atoms with E-state index in [0.29, 0.717) is 24.6 Å². The topological polar surface area (TPSA) is 63.4 Å². The van der Waals surface area contributed by atoms with Crippen LogP contribution in [0.15, 0.2) is 35.3 Å². The number of methoxy groups -OCH3 is 2. The van der Waals surface area contributed by atoms with Crippen molar-refractivity contribution in [2.45, 2.75) is 44.4 Å². The predicted octanol–water partition coefficient (Wildman–Crippen LogP) is 2.37. The molecule has 3 atom stereocenters. The highest BCUT2D eigenvalue weighted by Crippen LogP contribution is 2.32. The number of hydrogen-bond acceptors (Lipinski definition) is 5. The molecule has 0 aromatic carbocycles. The summed E-state index contributed by atoms with van der Waals surface area (Å²) >= 11 is 0. The Labute approximate surface area is 127 Å². The summed E-state index contributed by atoms with van der Waals surface area (Å²) in [6, 6.07) is -0.209. The van der Waals surface area contributed by atoms with E-state index in [1.165, 1.54) is 6.08 Å². The number of aliphatic hydroxyl groups is 1. The van der Waals surface area contributed by atoms with E-state index in [9.17, 15) is 5.11 Å². The summed E-state index contributed by atoms with van der Waals surface area (Å²) in [6.45, 7) is 11.5. The second kappa shape index (κ2) is 7.41. The maximum absolute atomic E-state index is 10.4. The molecule has 0 bridgehead atoms. The molecule has 21 heavy (non-hydrogen) atoms. The minimum atomic E-state index is -0.999. The van der Waals surface area contributed by atoms with Gasteiger partial charge in [-0.15, -0.1) is 13.2 Å². The van der Waals surface area contributed by atoms with E-state index in [-0.39, 0.29) is 12.0 Å². The first-order valence-corrected chi connectivity index (χ1v) is 7.14. The summed E-state index contributed by atoms with van der Waals surface area (Å²) in [5.41, 5.74) is -0.999. The third-order valence-electron chi connectivity index (χ3n) is 3.67. The molecule has 1 rings (SSSR count). The molecule has 1 aliphatic heterocycles. The molecule has 0 aromatic heterocycles. The number of aliphatic hydroxyl groups excluding tert-OH is 1. The summed E-state index contributed by atoms with van der Waals surface area (Å²) in [5, 5.41) is 10.4. The zero-order chi connectivity index (χ0) is 16.0. The highest BCUT2D eigenvalue weighted by molar-refractivity contribution is 5.97. The lowest BCUT2D eigenvalue weighted by atomic mass is 9.85. The molecular weight excluding hydrogens is 268 g/mol. The van der Waals surface area contributed by atoms with Crippen LogP contribution < -0.4 is 0 Å². The highest BCUT2D eigenvalue weighted by Gasteiger charge is 2.47. The van der Waals surface area contributed by atoms with E-state index in [0.717, 1.165) is 0 Å². The number of aliphatic imine (C=N–C) groups is 2. The van der Waals surface area contributed by atoms with E-state index in [4.69, 9.17) is 9.47 Å². The lowest BCUT2D eigenvalue weighted by Crippen LogP contribution is -2.53. The average molecular weight is 294 g/mol. The van der Waals surface area contributed by atoms with Crippen molar-refractivity contribution in [2.75, 3.05) is 14.2 Å². The zero-order valence-electron chi connectivity index (χ0n) is 13.4. The van der Waals surface area contributed by atoms with Crippen LogP contribution in [0.2, 0.25) is 0 Å². The molecule has 0 aromatic rings. The van der Waals surface area contributed by atoms with Crippen LogP contribution in [0.4, 0.5) is 0 Å². The first kappa shape index (κ1) is 17.4. The van der Waals surface area contributed by atoms with Crippen LogP contribution in [-0.2, 0) is 9.47 Å². The van der Waals surface area contributed by atoms with Crippen LogP contribution in [0.3, 0.4) is 0 Å². The number of rotatable bonds is 6. The fraction of sp³-hybridized carbons (Fsp3) is 0.625. The fourth-order valence-electron chi connectivity index (χ4n) is 2.45. The van der Waals surface area contributed by atoms with Gasteiger partial charge >= 0.3 is 0 Å². The maximum Gasteiger partial charge on any atom is 0.215 e. The lowest BCUT2D eigenvalue weighted by molar-refractivity contribution is 0.137. The van der Waals surface area contributed by atoms with Gasteiger partial charge in [-0.25, -0.2) is 9.98 Å². The summed E-state index contributed by atoms with van der Waals surface area (Å²) < 4.78 is 10.8. The zero-order valence-corrected chi connectivity index (χ0v) is 13.4. The van der Waals surface area contributed by atoms with Gasteiger partial charge in [0.15, 0.2) is 5.54 Å². The normalized spacial score (nSPS) is 26.7. The Bertz CT molecular complexity index is 443. The standard InChI is InChI=1S/C16H26N2O3/c1-7-9-10-16(12(19)8-2)15(21-6)17-13(11(3)4)14(18-16)20-5/h7-8,11-13,19H,1-2,9-10H2,3-6H3/t12-,13-,16+/m1/s1. The largest absolute Gasteiger partial charge is 0.483 e. The van der Waals surface area contributed by atoms with Crippen LogP contribution in [0.1, 0.15) is 26.7 Å². The van der Waals surface area contributed by atoms with Gasteiger partial charge in [-0.3, -0.25) is 0 Å². The van der Waals surface area contributed by atoms with Crippen LogP contribution in [0.25, 0.3) is 0 Å². The van der Waals surface area contributed by atoms with Crippen molar-refractivity contribution in [3.63, 3.8) is 0 Å². The first-order valence-electron chi connectivity index (χ1n) is 7.14. The van der Waals surface area contributed by atoms with Gasteiger partial charge in [0.2, 0.25) is 11.8 Å². The van der Waals surface area contributed by atoms with Crippen LogP contribution >= 0.6 is 0 Å². The first-order chi connectivity index (χ1) is 9.96. The van der Waals surface area contributed by atoms with Crippen molar-refractivity contribution < 1.29 is 14.6 Å². The van der Waals surface area contributed by atoms with Crippen LogP contribution in [0.5, 0.6) is 0 Å². The molecule has 1 heterocycles. The molecule has 0 aliphatic carbocycles. The molecule has 118 valence electrons. The minimum absolute atomic E-state index is 0.209. The summed E-state index contributed by atoms with van der Waals surface area (Å²) in [7, 11) is 3.11. The van der Waals surface area contributed by atoms with Crippen LogP contribution in [-0.4, -0.2) is 48.8 Å². The van der Waals surface area contributed by atoms with Crippen molar-refractivity contribution in [1.82, 2.24) is 0 Å². The molecule has 0 amide bonds. The Morgan fingerprint density at radius 2 is 2.00 bits per heavy atom. The summed E-state index contributed by atoms with van der Waals surface area (Å²) in [5.74, 6) is 1.14. The molecule has 5 nitrogen and oxygen atoms in total. The molecule has 0 unspecified atom stereocenters. The minimum Gasteiger partial charge on any atom is -0.483 e. The third kappa shape index (κ3) is 3.35. The van der Waals surface area contributed by atoms with Crippen molar-refractivity contribution in [3.8, 4) is 0 Å². The van der Waals surface area contributed by atoms with Gasteiger partial charge < -0.3 is 14.6 Å². The molecule has 0 radical (unpaired) electrons. The second-order valence-corrected chi connectivity index (χ2v) is 5.41. The summed E-state index contributed by atoms with van der Waals surface area (Å²) in [4.78, 5) is 9.29. The molecule has 1 aliphatic rings. The predicted molar refractivity (Wildman–Crippen MR) is 85.9 cm³/mol. The van der Waals surface area contributed by atoms with Crippen LogP contribution in [0, 0.1) is 5.92 Å². The van der Waals surface area contributed by atoms with Gasteiger partial charge in [-0.05, 0) is 18.8 Å². The quantitative estimate of drug-likeness (QED) is 0.765. The molecular formula is C16H26N2O3. The van der Waals surface area contributed by atoms with Crippen molar-refractivity contribution >= 4 is 11.8 Å². The van der Waals surface area contributed by atoms with E-state index < -0.39 is 11.6 Å². The van der Waals surface area contributed by atoms with E-state index in [1.807, 2.05) is 13.8 Å². The molecule has 0 saturated carbocycles. The lowest BCUT2D eigenvalue weighted by Gasteiger charge is -2.38. The Kier molecular flexibility index (Phi) is 6.15. The maximum atomic E-state index is 10.4. The van der Waals surface area contributed by atoms with Crippen molar-refractivity contribution in [3.05, 3.63) is 25.3 Å². The summed E-state index contributed by atoms with van der Waals surface area (Å²) in [6.07, 6.45) is 3.51. The van der Waals surface area contributed by atoms with Gasteiger partial charge in [0.25, 0.3) is 0 Å². The van der Waals surface area contributed by atoms with E-state index >= 15 is 0 Å². The number of ether oxygens (including phenoxy) is 2. The average Bonchev–Trinajstić information content (AvgIpc) is 2.50. The molecule has 0 spiro atoms. The highest BCUT2D eigenvalue weighted by atomic mass is 16.5. The number of hydrogen-bond donors (Lipinski definition) is 1. The fourth-order valence-corrected chi connectivity index (χ4v) is 2.45. The van der Waals surface area contributed by atoms with Gasteiger partial charge in [-0.2, -0.15) is 0 Å². The number of allylic oxidation sites excluding steroid dienone is 1. The Morgan fingerprint density at radius 3 is 2.43 bits per heavy atom. The van der Waals surface area contributed by atoms with Gasteiger partial charge in [0, 0.05) is 0 Å². The van der Waals surface area contributed by atoms with Gasteiger partial charge in [-0.1, -0.05) is 26.0 Å². The molecule has 0 saturated heterocycles. The van der Waals surface area contributed by atoms with Gasteiger partial charge in [0.05, 0.1) is 14.2 Å². The van der Waals surface area contributed by atoms with Crippen molar-refractivity contribution in [1.29, 1.82) is 0 Å². The molecule has 1 N–H and O–H groups in total.